The first-order valence-corrected chi connectivity index (χ1v) is 10.8. The topological polar surface area (TPSA) is 39.7 Å². The molecule has 2 aliphatic rings. The van der Waals surface area contributed by atoms with Gasteiger partial charge in [0.2, 0.25) is 0 Å². The second-order valence-corrected chi connectivity index (χ2v) is 7.98. The van der Waals surface area contributed by atoms with Crippen molar-refractivity contribution in [1.29, 1.82) is 0 Å². The Bertz CT molecular complexity index is 1060. The number of ether oxygens (including phenoxy) is 3. The number of methoxy groups -OCH3 is 1. The molecule has 4 heteroatoms. The lowest BCUT2D eigenvalue weighted by molar-refractivity contribution is 0.217. The van der Waals surface area contributed by atoms with Crippen LogP contribution in [-0.4, -0.2) is 20.3 Å². The zero-order valence-electron chi connectivity index (χ0n) is 17.7. The third kappa shape index (κ3) is 3.98. The number of hydrogen-bond donors (Lipinski definition) is 1. The Balaban J connectivity index is 1.31. The molecule has 0 spiro atoms. The molecule has 0 radical (unpaired) electrons. The summed E-state index contributed by atoms with van der Waals surface area (Å²) in [7, 11) is 1.74. The minimum absolute atomic E-state index is 0.217. The highest BCUT2D eigenvalue weighted by Gasteiger charge is 2.39. The molecule has 0 saturated heterocycles. The van der Waals surface area contributed by atoms with E-state index in [0.29, 0.717) is 25.0 Å². The van der Waals surface area contributed by atoms with E-state index in [0.717, 1.165) is 29.4 Å². The molecule has 0 fully saturated rings. The van der Waals surface area contributed by atoms with Gasteiger partial charge in [-0.2, -0.15) is 0 Å². The van der Waals surface area contributed by atoms with E-state index in [4.69, 9.17) is 14.2 Å². The average molecular weight is 414 g/mol. The molecular formula is C27H27NO3. The van der Waals surface area contributed by atoms with Gasteiger partial charge in [0.25, 0.3) is 0 Å². The molecule has 3 aromatic rings. The summed E-state index contributed by atoms with van der Waals surface area (Å²) in [6, 6.07) is 24.7. The number of rotatable bonds is 7. The van der Waals surface area contributed by atoms with Crippen molar-refractivity contribution in [2.24, 2.45) is 5.92 Å². The molecular weight excluding hydrogens is 386 g/mol. The standard InChI is InChI=1S/C27H27NO3/c1-29-26-13-6-5-10-23(26)27-22-12-7-11-21(22)24-18-20(14-15-25(24)28-27)31-17-16-30-19-8-3-2-4-9-19/h2-11,13-15,18,21-22,27-28H,12,16-17H2,1H3. The van der Waals surface area contributed by atoms with E-state index < -0.39 is 0 Å². The largest absolute Gasteiger partial charge is 0.496 e. The number of hydrogen-bond acceptors (Lipinski definition) is 4. The Labute approximate surface area is 183 Å². The zero-order chi connectivity index (χ0) is 21.0. The monoisotopic (exact) mass is 413 g/mol. The van der Waals surface area contributed by atoms with Crippen molar-refractivity contribution in [3.05, 3.63) is 96.1 Å². The van der Waals surface area contributed by atoms with Crippen LogP contribution in [0, 0.1) is 5.92 Å². The molecule has 0 aromatic heterocycles. The second-order valence-electron chi connectivity index (χ2n) is 7.98. The summed E-state index contributed by atoms with van der Waals surface area (Å²) in [4.78, 5) is 0. The van der Waals surface area contributed by atoms with Crippen molar-refractivity contribution in [3.8, 4) is 17.2 Å². The minimum atomic E-state index is 0.217. The Hall–Kier alpha value is -3.40. The maximum Gasteiger partial charge on any atom is 0.124 e. The lowest BCUT2D eigenvalue weighted by Crippen LogP contribution is -2.29. The molecule has 3 aromatic carbocycles. The van der Waals surface area contributed by atoms with E-state index in [1.807, 2.05) is 48.5 Å². The highest BCUT2D eigenvalue weighted by atomic mass is 16.5. The molecule has 1 N–H and O–H groups in total. The van der Waals surface area contributed by atoms with Crippen LogP contribution >= 0.6 is 0 Å². The van der Waals surface area contributed by atoms with E-state index in [-0.39, 0.29) is 6.04 Å². The molecule has 4 nitrogen and oxygen atoms in total. The first-order valence-electron chi connectivity index (χ1n) is 10.8. The zero-order valence-corrected chi connectivity index (χ0v) is 17.7. The third-order valence-electron chi connectivity index (χ3n) is 6.17. The van der Waals surface area contributed by atoms with Crippen molar-refractivity contribution in [2.45, 2.75) is 18.4 Å². The summed E-state index contributed by atoms with van der Waals surface area (Å²) in [5.41, 5.74) is 3.68. The van der Waals surface area contributed by atoms with Gasteiger partial charge >= 0.3 is 0 Å². The molecule has 5 rings (SSSR count). The number of nitrogens with one attached hydrogen (secondary N) is 1. The van der Waals surface area contributed by atoms with Gasteiger partial charge in [-0.3, -0.25) is 0 Å². The molecule has 3 atom stereocenters. The molecule has 0 saturated carbocycles. The molecule has 1 aliphatic carbocycles. The maximum absolute atomic E-state index is 5.99. The predicted octanol–water partition coefficient (Wildman–Crippen LogP) is 5.98. The number of fused-ring (bicyclic) bond motifs is 3. The van der Waals surface area contributed by atoms with Gasteiger partial charge < -0.3 is 19.5 Å². The fourth-order valence-electron chi connectivity index (χ4n) is 4.73. The van der Waals surface area contributed by atoms with Crippen LogP contribution in [0.2, 0.25) is 0 Å². The molecule has 31 heavy (non-hydrogen) atoms. The van der Waals surface area contributed by atoms with Gasteiger partial charge in [-0.25, -0.2) is 0 Å². The third-order valence-corrected chi connectivity index (χ3v) is 6.17. The van der Waals surface area contributed by atoms with Crippen molar-refractivity contribution in [1.82, 2.24) is 0 Å². The fourth-order valence-corrected chi connectivity index (χ4v) is 4.73. The molecule has 0 amide bonds. The minimum Gasteiger partial charge on any atom is -0.496 e. The molecule has 0 bridgehead atoms. The summed E-state index contributed by atoms with van der Waals surface area (Å²) >= 11 is 0. The van der Waals surface area contributed by atoms with E-state index in [2.05, 4.69) is 41.7 Å². The highest BCUT2D eigenvalue weighted by Crippen LogP contribution is 2.51. The highest BCUT2D eigenvalue weighted by molar-refractivity contribution is 5.62. The van der Waals surface area contributed by atoms with Gasteiger partial charge in [0, 0.05) is 17.2 Å². The molecule has 1 aliphatic heterocycles. The first-order chi connectivity index (χ1) is 15.3. The van der Waals surface area contributed by atoms with Crippen molar-refractivity contribution < 1.29 is 14.2 Å². The van der Waals surface area contributed by atoms with Gasteiger partial charge in [-0.15, -0.1) is 0 Å². The van der Waals surface area contributed by atoms with Gasteiger partial charge in [0.15, 0.2) is 0 Å². The number of anilines is 1. The van der Waals surface area contributed by atoms with Crippen molar-refractivity contribution in [2.75, 3.05) is 25.6 Å². The second kappa shape index (κ2) is 8.76. The number of benzene rings is 3. The van der Waals surface area contributed by atoms with Crippen LogP contribution in [0.5, 0.6) is 17.2 Å². The quantitative estimate of drug-likeness (QED) is 0.382. The Morgan fingerprint density at radius 2 is 1.61 bits per heavy atom. The van der Waals surface area contributed by atoms with Crippen LogP contribution in [0.1, 0.15) is 29.5 Å². The Morgan fingerprint density at radius 1 is 0.839 bits per heavy atom. The summed E-state index contributed by atoms with van der Waals surface area (Å²) in [5, 5.41) is 3.78. The van der Waals surface area contributed by atoms with Crippen LogP contribution in [-0.2, 0) is 0 Å². The van der Waals surface area contributed by atoms with Crippen molar-refractivity contribution in [3.63, 3.8) is 0 Å². The summed E-state index contributed by atoms with van der Waals surface area (Å²) in [5.74, 6) is 3.51. The SMILES string of the molecule is COc1ccccc1C1Nc2ccc(OCCOc3ccccc3)cc2C2C=CCC21. The first kappa shape index (κ1) is 19.6. The Kier molecular flexibility index (Phi) is 5.53. The normalized spacial score (nSPS) is 21.0. The lowest BCUT2D eigenvalue weighted by atomic mass is 9.77. The smallest absolute Gasteiger partial charge is 0.124 e. The van der Waals surface area contributed by atoms with Crippen molar-refractivity contribution >= 4 is 5.69 Å². The maximum atomic E-state index is 5.99. The number of para-hydroxylation sites is 2. The van der Waals surface area contributed by atoms with E-state index in [1.54, 1.807) is 7.11 Å². The van der Waals surface area contributed by atoms with Gasteiger partial charge in [0.05, 0.1) is 13.2 Å². The summed E-state index contributed by atoms with van der Waals surface area (Å²) in [6.45, 7) is 1.02. The lowest BCUT2D eigenvalue weighted by Gasteiger charge is -2.38. The van der Waals surface area contributed by atoms with Gasteiger partial charge in [0.1, 0.15) is 30.5 Å². The Morgan fingerprint density at radius 3 is 2.45 bits per heavy atom. The van der Waals surface area contributed by atoms with E-state index in [1.165, 1.54) is 11.1 Å². The van der Waals surface area contributed by atoms with E-state index in [9.17, 15) is 0 Å². The molecule has 3 unspecified atom stereocenters. The van der Waals surface area contributed by atoms with Crippen LogP contribution in [0.3, 0.4) is 0 Å². The summed E-state index contributed by atoms with van der Waals surface area (Å²) in [6.07, 6.45) is 5.70. The van der Waals surface area contributed by atoms with Gasteiger partial charge in [-0.1, -0.05) is 48.6 Å². The molecule has 158 valence electrons. The van der Waals surface area contributed by atoms with Crippen LogP contribution in [0.4, 0.5) is 5.69 Å². The fraction of sp³-hybridized carbons (Fsp3) is 0.259. The predicted molar refractivity (Wildman–Crippen MR) is 123 cm³/mol. The molecule has 1 heterocycles. The van der Waals surface area contributed by atoms with Crippen LogP contribution in [0.25, 0.3) is 0 Å². The number of allylic oxidation sites excluding steroid dienone is 2. The van der Waals surface area contributed by atoms with Crippen LogP contribution in [0.15, 0.2) is 84.9 Å². The van der Waals surface area contributed by atoms with E-state index >= 15 is 0 Å². The van der Waals surface area contributed by atoms with Gasteiger partial charge in [-0.05, 0) is 54.3 Å². The average Bonchev–Trinajstić information content (AvgIpc) is 3.32. The van der Waals surface area contributed by atoms with Crippen LogP contribution < -0.4 is 19.5 Å². The summed E-state index contributed by atoms with van der Waals surface area (Å²) < 4.78 is 17.4.